The van der Waals surface area contributed by atoms with E-state index in [1.54, 1.807) is 7.05 Å². The topological polar surface area (TPSA) is 38.0 Å². The van der Waals surface area contributed by atoms with Gasteiger partial charge in [-0.15, -0.1) is 0 Å². The summed E-state index contributed by atoms with van der Waals surface area (Å²) in [6.07, 6.45) is 1.21. The van der Waals surface area contributed by atoms with Gasteiger partial charge in [-0.25, -0.2) is 4.98 Å². The van der Waals surface area contributed by atoms with Gasteiger partial charge in [-0.05, 0) is 0 Å². The van der Waals surface area contributed by atoms with E-state index in [1.165, 1.54) is 10.8 Å². The van der Waals surface area contributed by atoms with Gasteiger partial charge in [0, 0.05) is 7.05 Å². The highest BCUT2D eigenvalue weighted by molar-refractivity contribution is 4.90. The minimum absolute atomic E-state index is 0.222. The second kappa shape index (κ2) is 2.14. The first-order valence-electron chi connectivity index (χ1n) is 2.52. The molecule has 4 heteroatoms. The number of hydrogen-bond acceptors (Lipinski definition) is 2. The lowest BCUT2D eigenvalue weighted by molar-refractivity contribution is 0.266. The highest BCUT2D eigenvalue weighted by Gasteiger charge is 2.00. The van der Waals surface area contributed by atoms with E-state index in [2.05, 4.69) is 4.98 Å². The van der Waals surface area contributed by atoms with E-state index in [0.717, 1.165) is 0 Å². The molecule has 0 saturated heterocycles. The second-order valence-electron chi connectivity index (χ2n) is 1.75. The molecule has 0 atom stereocenters. The molecule has 0 radical (unpaired) electrons. The van der Waals surface area contributed by atoms with Gasteiger partial charge in [0.05, 0.1) is 6.20 Å². The molecule has 0 aliphatic rings. The normalized spacial score (nSPS) is 10.1. The smallest absolute Gasteiger partial charge is 0.231 e. The first kappa shape index (κ1) is 6.22. The summed E-state index contributed by atoms with van der Waals surface area (Å²) in [5.41, 5.74) is 0. The number of halogens is 1. The Morgan fingerprint density at radius 3 is 2.78 bits per heavy atom. The SMILES string of the molecule is Cn1cc(F)nc1CO. The van der Waals surface area contributed by atoms with Crippen LogP contribution in [0.5, 0.6) is 0 Å². The lowest BCUT2D eigenvalue weighted by Crippen LogP contribution is -1.94. The molecule has 0 aromatic carbocycles. The molecule has 0 saturated carbocycles. The van der Waals surface area contributed by atoms with Crippen molar-refractivity contribution in [3.8, 4) is 0 Å². The molecule has 0 fully saturated rings. The summed E-state index contributed by atoms with van der Waals surface area (Å²) in [7, 11) is 1.63. The van der Waals surface area contributed by atoms with Crippen LogP contribution < -0.4 is 0 Å². The van der Waals surface area contributed by atoms with Crippen LogP contribution in [0.4, 0.5) is 4.39 Å². The third kappa shape index (κ3) is 1.08. The molecule has 0 amide bonds. The van der Waals surface area contributed by atoms with Crippen molar-refractivity contribution in [1.82, 2.24) is 9.55 Å². The summed E-state index contributed by atoms with van der Waals surface area (Å²) < 4.78 is 13.6. The van der Waals surface area contributed by atoms with E-state index in [-0.39, 0.29) is 6.61 Å². The molecule has 3 nitrogen and oxygen atoms in total. The van der Waals surface area contributed by atoms with Gasteiger partial charge in [0.25, 0.3) is 0 Å². The highest BCUT2D eigenvalue weighted by Crippen LogP contribution is 1.97. The number of aromatic nitrogens is 2. The number of rotatable bonds is 1. The zero-order valence-corrected chi connectivity index (χ0v) is 5.00. The van der Waals surface area contributed by atoms with Crippen molar-refractivity contribution in [3.05, 3.63) is 18.0 Å². The third-order valence-electron chi connectivity index (χ3n) is 1.08. The molecule has 1 aromatic rings. The lowest BCUT2D eigenvalue weighted by atomic mass is 10.6. The molecule has 0 spiro atoms. The summed E-state index contributed by atoms with van der Waals surface area (Å²) in [5, 5.41) is 8.48. The third-order valence-corrected chi connectivity index (χ3v) is 1.08. The fraction of sp³-hybridized carbons (Fsp3) is 0.400. The molecular weight excluding hydrogens is 123 g/mol. The van der Waals surface area contributed by atoms with E-state index in [4.69, 9.17) is 5.11 Å². The average molecular weight is 130 g/mol. The number of aryl methyl sites for hydroxylation is 1. The summed E-state index contributed by atoms with van der Waals surface area (Å²) in [4.78, 5) is 3.38. The fourth-order valence-corrected chi connectivity index (χ4v) is 0.612. The molecular formula is C5H7FN2O. The van der Waals surface area contributed by atoms with E-state index in [1.807, 2.05) is 0 Å². The minimum atomic E-state index is -0.554. The maximum Gasteiger partial charge on any atom is 0.231 e. The van der Waals surface area contributed by atoms with Gasteiger partial charge in [0.1, 0.15) is 12.4 Å². The van der Waals surface area contributed by atoms with Gasteiger partial charge in [0.2, 0.25) is 5.95 Å². The molecule has 9 heavy (non-hydrogen) atoms. The number of aliphatic hydroxyl groups excluding tert-OH is 1. The van der Waals surface area contributed by atoms with E-state index < -0.39 is 5.95 Å². The van der Waals surface area contributed by atoms with Crippen LogP contribution in [0, 0.1) is 5.95 Å². The standard InChI is InChI=1S/C5H7FN2O/c1-8-2-4(6)7-5(8)3-9/h2,9H,3H2,1H3. The maximum atomic E-state index is 12.1. The first-order chi connectivity index (χ1) is 4.24. The Labute approximate surface area is 51.8 Å². The van der Waals surface area contributed by atoms with Crippen molar-refractivity contribution in [2.45, 2.75) is 6.61 Å². The van der Waals surface area contributed by atoms with Crippen molar-refractivity contribution in [2.24, 2.45) is 7.05 Å². The lowest BCUT2D eigenvalue weighted by Gasteiger charge is -1.91. The number of hydrogen-bond donors (Lipinski definition) is 1. The van der Waals surface area contributed by atoms with Crippen LogP contribution in [0.2, 0.25) is 0 Å². The Hall–Kier alpha value is -0.900. The molecule has 0 aliphatic carbocycles. The van der Waals surface area contributed by atoms with E-state index in [0.29, 0.717) is 5.82 Å². The molecule has 0 aliphatic heterocycles. The van der Waals surface area contributed by atoms with Crippen molar-refractivity contribution < 1.29 is 9.50 Å². The largest absolute Gasteiger partial charge is 0.388 e. The van der Waals surface area contributed by atoms with Crippen LogP contribution in [0.3, 0.4) is 0 Å². The van der Waals surface area contributed by atoms with Gasteiger partial charge < -0.3 is 9.67 Å². The van der Waals surface area contributed by atoms with E-state index >= 15 is 0 Å². The summed E-state index contributed by atoms with van der Waals surface area (Å²) >= 11 is 0. The predicted octanol–water partition coefficient (Wildman–Crippen LogP) is 0.0515. The van der Waals surface area contributed by atoms with Crippen LogP contribution >= 0.6 is 0 Å². The van der Waals surface area contributed by atoms with Gasteiger partial charge >= 0.3 is 0 Å². The Morgan fingerprint density at radius 2 is 2.56 bits per heavy atom. The Morgan fingerprint density at radius 1 is 1.89 bits per heavy atom. The van der Waals surface area contributed by atoms with Crippen molar-refractivity contribution in [3.63, 3.8) is 0 Å². The van der Waals surface area contributed by atoms with Crippen molar-refractivity contribution >= 4 is 0 Å². The van der Waals surface area contributed by atoms with E-state index in [9.17, 15) is 4.39 Å². The Kier molecular flexibility index (Phi) is 1.48. The summed E-state index contributed by atoms with van der Waals surface area (Å²) in [5.74, 6) is -0.214. The highest BCUT2D eigenvalue weighted by atomic mass is 19.1. The molecule has 1 rings (SSSR count). The maximum absolute atomic E-state index is 12.1. The zero-order chi connectivity index (χ0) is 6.85. The molecule has 1 heterocycles. The number of nitrogens with zero attached hydrogens (tertiary/aromatic N) is 2. The predicted molar refractivity (Wildman–Crippen MR) is 29.1 cm³/mol. The molecule has 0 bridgehead atoms. The minimum Gasteiger partial charge on any atom is -0.388 e. The van der Waals surface area contributed by atoms with Crippen molar-refractivity contribution in [2.75, 3.05) is 0 Å². The van der Waals surface area contributed by atoms with Crippen LogP contribution in [0.1, 0.15) is 5.82 Å². The molecule has 1 aromatic heterocycles. The quantitative estimate of drug-likeness (QED) is 0.583. The average Bonchev–Trinajstić information content (AvgIpc) is 2.10. The van der Waals surface area contributed by atoms with Crippen LogP contribution in [0.15, 0.2) is 6.20 Å². The van der Waals surface area contributed by atoms with Crippen molar-refractivity contribution in [1.29, 1.82) is 0 Å². The Balaban J connectivity index is 3.01. The summed E-state index contributed by atoms with van der Waals surface area (Å²) in [6, 6.07) is 0. The fourth-order valence-electron chi connectivity index (χ4n) is 0.612. The van der Waals surface area contributed by atoms with Gasteiger partial charge in [-0.2, -0.15) is 4.39 Å². The van der Waals surface area contributed by atoms with Gasteiger partial charge in [-0.1, -0.05) is 0 Å². The molecule has 1 N–H and O–H groups in total. The number of imidazole rings is 1. The first-order valence-corrected chi connectivity index (χ1v) is 2.52. The molecule has 50 valence electrons. The van der Waals surface area contributed by atoms with Crippen LogP contribution in [-0.4, -0.2) is 14.7 Å². The summed E-state index contributed by atoms with van der Waals surface area (Å²) in [6.45, 7) is -0.222. The number of aliphatic hydroxyl groups is 1. The zero-order valence-electron chi connectivity index (χ0n) is 5.00. The Bertz CT molecular complexity index is 209. The van der Waals surface area contributed by atoms with Crippen LogP contribution in [0.25, 0.3) is 0 Å². The van der Waals surface area contributed by atoms with Crippen LogP contribution in [-0.2, 0) is 13.7 Å². The van der Waals surface area contributed by atoms with Gasteiger partial charge in [0.15, 0.2) is 0 Å². The van der Waals surface area contributed by atoms with Gasteiger partial charge in [-0.3, -0.25) is 0 Å². The monoisotopic (exact) mass is 130 g/mol. The molecule has 0 unspecified atom stereocenters. The second-order valence-corrected chi connectivity index (χ2v) is 1.75.